The topological polar surface area (TPSA) is 87.7 Å². The Hall–Kier alpha value is -3.77. The molecule has 1 fully saturated rings. The van der Waals surface area contributed by atoms with Crippen LogP contribution in [0, 0.1) is 0 Å². The predicted molar refractivity (Wildman–Crippen MR) is 105 cm³/mol. The number of methoxy groups -OCH3 is 1. The van der Waals surface area contributed by atoms with Crippen molar-refractivity contribution in [2.45, 2.75) is 24.4 Å². The smallest absolute Gasteiger partial charge is 0.440 e. The molecule has 1 atom stereocenters. The van der Waals surface area contributed by atoms with Crippen LogP contribution in [0.1, 0.15) is 21.5 Å². The largest absolute Gasteiger partial charge is 0.497 e. The number of carbonyl (C=O) groups is 3. The van der Waals surface area contributed by atoms with Crippen LogP contribution in [0.5, 0.6) is 5.75 Å². The van der Waals surface area contributed by atoms with Crippen molar-refractivity contribution in [3.05, 3.63) is 65.2 Å². The summed E-state index contributed by atoms with van der Waals surface area (Å²) in [5.74, 6) is -2.92. The molecule has 0 aromatic heterocycles. The first-order chi connectivity index (χ1) is 15.8. The molecule has 1 aliphatic rings. The van der Waals surface area contributed by atoms with Gasteiger partial charge < -0.3 is 10.1 Å². The molecule has 0 spiro atoms. The second-order valence-corrected chi connectivity index (χ2v) is 7.27. The molecule has 2 aromatic rings. The molecule has 0 aliphatic carbocycles. The lowest BCUT2D eigenvalue weighted by Gasteiger charge is -2.30. The molecular weight excluding hydrogens is 472 g/mol. The minimum absolute atomic E-state index is 0.00132. The summed E-state index contributed by atoms with van der Waals surface area (Å²) in [7, 11) is 1.44. The van der Waals surface area contributed by atoms with Crippen LogP contribution in [-0.2, 0) is 17.4 Å². The molecule has 34 heavy (non-hydrogen) atoms. The fraction of sp³-hybridized carbons (Fsp3) is 0.286. The van der Waals surface area contributed by atoms with Crippen LogP contribution in [-0.4, -0.2) is 48.2 Å². The third kappa shape index (κ3) is 4.77. The second-order valence-electron chi connectivity index (χ2n) is 7.27. The summed E-state index contributed by atoms with van der Waals surface area (Å²) in [5, 5.41) is 2.83. The van der Waals surface area contributed by atoms with Crippen molar-refractivity contribution < 1.29 is 45.5 Å². The van der Waals surface area contributed by atoms with Gasteiger partial charge in [0.15, 0.2) is 0 Å². The third-order valence-corrected chi connectivity index (χ3v) is 5.07. The Balaban J connectivity index is 1.83. The zero-order valence-electron chi connectivity index (χ0n) is 17.4. The van der Waals surface area contributed by atoms with Crippen molar-refractivity contribution in [2.75, 3.05) is 13.7 Å². The lowest BCUT2D eigenvalue weighted by molar-refractivity contribution is -0.200. The molecule has 0 bridgehead atoms. The van der Waals surface area contributed by atoms with E-state index in [0.717, 1.165) is 12.1 Å². The van der Waals surface area contributed by atoms with Gasteiger partial charge in [-0.2, -0.15) is 26.3 Å². The molecule has 0 radical (unpaired) electrons. The number of halogens is 6. The highest BCUT2D eigenvalue weighted by molar-refractivity contribution is 6.10. The van der Waals surface area contributed by atoms with E-state index in [1.165, 1.54) is 17.7 Å². The van der Waals surface area contributed by atoms with Gasteiger partial charge in [-0.1, -0.05) is 18.2 Å². The van der Waals surface area contributed by atoms with Gasteiger partial charge in [-0.15, -0.1) is 0 Å². The van der Waals surface area contributed by atoms with Crippen molar-refractivity contribution in [3.63, 3.8) is 0 Å². The average Bonchev–Trinajstić information content (AvgIpc) is 3.02. The summed E-state index contributed by atoms with van der Waals surface area (Å²) >= 11 is 0. The van der Waals surface area contributed by atoms with Crippen LogP contribution in [0.3, 0.4) is 0 Å². The van der Waals surface area contributed by atoms with Gasteiger partial charge in [0.05, 0.1) is 12.7 Å². The normalized spacial score (nSPS) is 18.6. The Labute approximate surface area is 188 Å². The van der Waals surface area contributed by atoms with E-state index in [0.29, 0.717) is 23.4 Å². The highest BCUT2D eigenvalue weighted by atomic mass is 19.4. The maximum absolute atomic E-state index is 13.9. The minimum atomic E-state index is -5.49. The Bertz CT molecular complexity index is 1100. The Morgan fingerprint density at radius 3 is 2.26 bits per heavy atom. The molecule has 4 amide bonds. The number of ether oxygens (including phenoxy) is 1. The zero-order valence-corrected chi connectivity index (χ0v) is 17.4. The molecule has 1 aliphatic heterocycles. The number of imide groups is 1. The van der Waals surface area contributed by atoms with E-state index in [1.807, 2.05) is 0 Å². The number of hydrogen-bond acceptors (Lipinski definition) is 4. The fourth-order valence-corrected chi connectivity index (χ4v) is 3.24. The standard InChI is InChI=1S/C21H17F6N3O4/c1-34-15-7-5-12(6-8-15)9-10-30-17(32)19(21(25,26)27,29-18(30)33)28-16(31)13-3-2-4-14(11-13)20(22,23)24/h2-8,11H,9-10H2,1H3,(H,28,31)(H,29,33)/t19-/m1/s1. The van der Waals surface area contributed by atoms with Gasteiger partial charge in [0.1, 0.15) is 5.75 Å². The van der Waals surface area contributed by atoms with Gasteiger partial charge in [-0.05, 0) is 42.3 Å². The first-order valence-electron chi connectivity index (χ1n) is 9.62. The zero-order chi connectivity index (χ0) is 25.3. The summed E-state index contributed by atoms with van der Waals surface area (Å²) < 4.78 is 85.5. The Morgan fingerprint density at radius 2 is 1.71 bits per heavy atom. The summed E-state index contributed by atoms with van der Waals surface area (Å²) in [6.45, 7) is -0.450. The van der Waals surface area contributed by atoms with Crippen molar-refractivity contribution >= 4 is 17.8 Å². The van der Waals surface area contributed by atoms with Gasteiger partial charge in [0, 0.05) is 12.1 Å². The molecule has 0 saturated carbocycles. The summed E-state index contributed by atoms with van der Waals surface area (Å²) in [5.41, 5.74) is -5.31. The van der Waals surface area contributed by atoms with Crippen LogP contribution in [0.2, 0.25) is 0 Å². The summed E-state index contributed by atoms with van der Waals surface area (Å²) in [6.07, 6.45) is -10.3. The quantitative estimate of drug-likeness (QED) is 0.481. The van der Waals surface area contributed by atoms with Gasteiger partial charge in [-0.25, -0.2) is 4.79 Å². The first-order valence-corrected chi connectivity index (χ1v) is 9.62. The van der Waals surface area contributed by atoms with Gasteiger partial charge in [-0.3, -0.25) is 19.8 Å². The van der Waals surface area contributed by atoms with E-state index in [2.05, 4.69) is 0 Å². The number of benzene rings is 2. The van der Waals surface area contributed by atoms with E-state index in [4.69, 9.17) is 4.74 Å². The number of hydrogen-bond donors (Lipinski definition) is 2. The molecule has 3 rings (SSSR count). The molecule has 2 N–H and O–H groups in total. The number of carbonyl (C=O) groups excluding carboxylic acids is 3. The van der Waals surface area contributed by atoms with E-state index >= 15 is 0 Å². The summed E-state index contributed by atoms with van der Waals surface area (Å²) in [6, 6.07) is 7.55. The number of alkyl halides is 6. The van der Waals surface area contributed by atoms with Crippen LogP contribution >= 0.6 is 0 Å². The fourth-order valence-electron chi connectivity index (χ4n) is 3.24. The molecule has 2 aromatic carbocycles. The van der Waals surface area contributed by atoms with E-state index in [1.54, 1.807) is 24.3 Å². The van der Waals surface area contributed by atoms with Crippen LogP contribution in [0.4, 0.5) is 31.1 Å². The highest BCUT2D eigenvalue weighted by Gasteiger charge is 2.68. The van der Waals surface area contributed by atoms with Gasteiger partial charge in [0.25, 0.3) is 17.5 Å². The molecular formula is C21H17F6N3O4. The number of nitrogens with one attached hydrogen (secondary N) is 2. The SMILES string of the molecule is COc1ccc(CCN2C(=O)N[C@@](NC(=O)c3cccc(C(F)(F)F)c3)(C(F)(F)F)C2=O)cc1. The maximum atomic E-state index is 13.9. The van der Waals surface area contributed by atoms with Crippen LogP contribution in [0.15, 0.2) is 48.5 Å². The molecule has 0 unspecified atom stereocenters. The predicted octanol–water partition coefficient (Wildman–Crippen LogP) is 3.50. The van der Waals surface area contributed by atoms with Crippen LogP contribution in [0.25, 0.3) is 0 Å². The van der Waals surface area contributed by atoms with E-state index in [-0.39, 0.29) is 11.3 Å². The molecule has 13 heteroatoms. The molecule has 1 saturated heterocycles. The number of urea groups is 1. The molecule has 182 valence electrons. The number of amides is 4. The Morgan fingerprint density at radius 1 is 1.06 bits per heavy atom. The van der Waals surface area contributed by atoms with Crippen molar-refractivity contribution in [1.29, 1.82) is 0 Å². The summed E-state index contributed by atoms with van der Waals surface area (Å²) in [4.78, 5) is 37.7. The van der Waals surface area contributed by atoms with E-state index in [9.17, 15) is 40.7 Å². The van der Waals surface area contributed by atoms with Gasteiger partial charge in [0.2, 0.25) is 0 Å². The first kappa shape index (κ1) is 24.9. The lowest BCUT2D eigenvalue weighted by atomic mass is 10.1. The van der Waals surface area contributed by atoms with Crippen molar-refractivity contribution in [3.8, 4) is 5.75 Å². The number of rotatable bonds is 6. The maximum Gasteiger partial charge on any atom is 0.440 e. The van der Waals surface area contributed by atoms with Crippen molar-refractivity contribution in [2.24, 2.45) is 0 Å². The second kappa shape index (κ2) is 8.88. The number of nitrogens with zero attached hydrogens (tertiary/aromatic N) is 1. The monoisotopic (exact) mass is 489 g/mol. The molecule has 7 nitrogen and oxygen atoms in total. The van der Waals surface area contributed by atoms with E-state index < -0.39 is 53.5 Å². The van der Waals surface area contributed by atoms with Crippen molar-refractivity contribution in [1.82, 2.24) is 15.5 Å². The highest BCUT2D eigenvalue weighted by Crippen LogP contribution is 2.35. The lowest BCUT2D eigenvalue weighted by Crippen LogP contribution is -2.69. The molecule has 1 heterocycles. The van der Waals surface area contributed by atoms with Gasteiger partial charge >= 0.3 is 18.4 Å². The van der Waals surface area contributed by atoms with Crippen LogP contribution < -0.4 is 15.4 Å². The average molecular weight is 489 g/mol. The Kier molecular flexibility index (Phi) is 6.49. The minimum Gasteiger partial charge on any atom is -0.497 e. The third-order valence-electron chi connectivity index (χ3n) is 5.07.